The van der Waals surface area contributed by atoms with Crippen molar-refractivity contribution in [1.29, 1.82) is 0 Å². The molecule has 0 aliphatic heterocycles. The number of carbonyl (C=O) groups is 1. The molecule has 0 fully saturated rings. The van der Waals surface area contributed by atoms with Gasteiger partial charge in [0.1, 0.15) is 0 Å². The van der Waals surface area contributed by atoms with Crippen LogP contribution in [0.1, 0.15) is 41.5 Å². The minimum Gasteiger partial charge on any atom is -0.346 e. The lowest BCUT2D eigenvalue weighted by Crippen LogP contribution is -2.23. The summed E-state index contributed by atoms with van der Waals surface area (Å²) in [6, 6.07) is 15.7. The van der Waals surface area contributed by atoms with Gasteiger partial charge in [0.2, 0.25) is 0 Å². The van der Waals surface area contributed by atoms with E-state index in [1.807, 2.05) is 60.1 Å². The Morgan fingerprint density at radius 3 is 2.66 bits per heavy atom. The zero-order valence-corrected chi connectivity index (χ0v) is 16.8. The van der Waals surface area contributed by atoms with Crippen molar-refractivity contribution in [2.45, 2.75) is 33.4 Å². The molecule has 0 aliphatic carbocycles. The summed E-state index contributed by atoms with van der Waals surface area (Å²) >= 11 is 0. The normalized spacial score (nSPS) is 11.2. The van der Waals surface area contributed by atoms with E-state index in [0.29, 0.717) is 17.8 Å². The molecular formula is C23H23N5O. The third kappa shape index (κ3) is 3.74. The van der Waals surface area contributed by atoms with Crippen molar-refractivity contribution >= 4 is 16.9 Å². The second-order valence-electron chi connectivity index (χ2n) is 7.29. The summed E-state index contributed by atoms with van der Waals surface area (Å²) in [7, 11) is 0. The lowest BCUT2D eigenvalue weighted by Gasteiger charge is -2.12. The summed E-state index contributed by atoms with van der Waals surface area (Å²) in [6.45, 7) is 6.51. The van der Waals surface area contributed by atoms with Gasteiger partial charge in [0.25, 0.3) is 5.91 Å². The Kier molecular flexibility index (Phi) is 5.08. The fraction of sp³-hybridized carbons (Fsp3) is 0.217. The van der Waals surface area contributed by atoms with E-state index in [-0.39, 0.29) is 11.9 Å². The Morgan fingerprint density at radius 2 is 1.93 bits per heavy atom. The number of amides is 1. The molecule has 1 amide bonds. The second-order valence-corrected chi connectivity index (χ2v) is 7.29. The molecule has 4 rings (SSSR count). The van der Waals surface area contributed by atoms with Gasteiger partial charge in [-0.25, -0.2) is 9.67 Å². The number of rotatable bonds is 5. The Bertz CT molecular complexity index is 1160. The maximum Gasteiger partial charge on any atom is 0.252 e. The zero-order chi connectivity index (χ0) is 20.4. The number of nitrogens with one attached hydrogen (secondary N) is 1. The first-order chi connectivity index (χ1) is 14.0. The van der Waals surface area contributed by atoms with Crippen molar-refractivity contribution in [3.05, 3.63) is 77.7 Å². The largest absolute Gasteiger partial charge is 0.346 e. The highest BCUT2D eigenvalue weighted by Gasteiger charge is 2.19. The minimum absolute atomic E-state index is 0.136. The van der Waals surface area contributed by atoms with Crippen molar-refractivity contribution in [3.63, 3.8) is 0 Å². The van der Waals surface area contributed by atoms with Crippen LogP contribution in [-0.4, -0.2) is 25.7 Å². The van der Waals surface area contributed by atoms with E-state index in [4.69, 9.17) is 4.98 Å². The summed E-state index contributed by atoms with van der Waals surface area (Å²) in [4.78, 5) is 22.2. The van der Waals surface area contributed by atoms with E-state index in [9.17, 15) is 4.79 Å². The van der Waals surface area contributed by atoms with Gasteiger partial charge in [0.05, 0.1) is 35.1 Å². The number of aryl methyl sites for hydroxylation is 1. The molecule has 4 aromatic rings. The van der Waals surface area contributed by atoms with Crippen molar-refractivity contribution in [2.24, 2.45) is 0 Å². The molecule has 0 radical (unpaired) electrons. The van der Waals surface area contributed by atoms with Crippen LogP contribution in [0.15, 0.2) is 60.9 Å². The molecule has 0 spiro atoms. The van der Waals surface area contributed by atoms with Crippen LogP contribution in [0.3, 0.4) is 0 Å². The first-order valence-electron chi connectivity index (χ1n) is 9.67. The fourth-order valence-corrected chi connectivity index (χ4v) is 3.35. The molecule has 0 saturated heterocycles. The third-order valence-corrected chi connectivity index (χ3v) is 4.88. The van der Waals surface area contributed by atoms with Gasteiger partial charge in [-0.2, -0.15) is 5.10 Å². The van der Waals surface area contributed by atoms with Crippen LogP contribution in [0.2, 0.25) is 0 Å². The number of aromatic nitrogens is 4. The molecular weight excluding hydrogens is 362 g/mol. The van der Waals surface area contributed by atoms with Crippen molar-refractivity contribution in [1.82, 2.24) is 25.1 Å². The van der Waals surface area contributed by atoms with Crippen LogP contribution < -0.4 is 5.32 Å². The number of hydrogen-bond donors (Lipinski definition) is 1. The average molecular weight is 385 g/mol. The van der Waals surface area contributed by atoms with Gasteiger partial charge in [-0.15, -0.1) is 0 Å². The summed E-state index contributed by atoms with van der Waals surface area (Å²) in [5, 5.41) is 8.19. The summed E-state index contributed by atoms with van der Waals surface area (Å²) in [5.74, 6) is -0.166. The van der Waals surface area contributed by atoms with E-state index in [1.165, 1.54) is 0 Å². The standard InChI is InChI=1S/C23H23N5O/c1-15(2)28-22-20(14-26-28)19(23(29)25-13-17-9-6-7-11-24-17)12-21(27-22)18-10-5-4-8-16(18)3/h4-12,14-15H,13H2,1-3H3,(H,25,29). The number of hydrogen-bond acceptors (Lipinski definition) is 4. The molecule has 0 bridgehead atoms. The molecule has 146 valence electrons. The lowest BCUT2D eigenvalue weighted by molar-refractivity contribution is 0.0952. The second kappa shape index (κ2) is 7.83. The Balaban J connectivity index is 1.79. The zero-order valence-electron chi connectivity index (χ0n) is 16.8. The quantitative estimate of drug-likeness (QED) is 0.555. The number of nitrogens with zero attached hydrogens (tertiary/aromatic N) is 4. The molecule has 6 nitrogen and oxygen atoms in total. The van der Waals surface area contributed by atoms with Crippen molar-refractivity contribution in [2.75, 3.05) is 0 Å². The van der Waals surface area contributed by atoms with Gasteiger partial charge in [-0.3, -0.25) is 9.78 Å². The number of pyridine rings is 2. The molecule has 6 heteroatoms. The van der Waals surface area contributed by atoms with Gasteiger partial charge in [-0.1, -0.05) is 30.3 Å². The number of fused-ring (bicyclic) bond motifs is 1. The molecule has 0 atom stereocenters. The monoisotopic (exact) mass is 385 g/mol. The molecule has 0 aliphatic rings. The first-order valence-corrected chi connectivity index (χ1v) is 9.67. The van der Waals surface area contributed by atoms with Gasteiger partial charge in [0.15, 0.2) is 5.65 Å². The number of carbonyl (C=O) groups excluding carboxylic acids is 1. The van der Waals surface area contributed by atoms with E-state index in [1.54, 1.807) is 12.4 Å². The molecule has 1 aromatic carbocycles. The number of benzene rings is 1. The molecule has 3 aromatic heterocycles. The fourth-order valence-electron chi connectivity index (χ4n) is 3.35. The van der Waals surface area contributed by atoms with Gasteiger partial charge in [-0.05, 0) is 44.5 Å². The predicted octanol–water partition coefficient (Wildman–Crippen LogP) is 4.31. The molecule has 0 unspecified atom stereocenters. The molecule has 0 saturated carbocycles. The summed E-state index contributed by atoms with van der Waals surface area (Å²) in [6.07, 6.45) is 3.44. The highest BCUT2D eigenvalue weighted by atomic mass is 16.1. The Labute approximate surface area is 169 Å². The summed E-state index contributed by atoms with van der Waals surface area (Å²) in [5.41, 5.74) is 4.96. The maximum absolute atomic E-state index is 13.1. The van der Waals surface area contributed by atoms with Gasteiger partial charge >= 0.3 is 0 Å². The first kappa shape index (κ1) is 18.8. The SMILES string of the molecule is Cc1ccccc1-c1cc(C(=O)NCc2ccccn2)c2cnn(C(C)C)c2n1. The van der Waals surface area contributed by atoms with E-state index in [0.717, 1.165) is 27.9 Å². The van der Waals surface area contributed by atoms with Gasteiger partial charge < -0.3 is 5.32 Å². The molecule has 29 heavy (non-hydrogen) atoms. The van der Waals surface area contributed by atoms with Crippen LogP contribution in [0.25, 0.3) is 22.3 Å². The van der Waals surface area contributed by atoms with E-state index < -0.39 is 0 Å². The van der Waals surface area contributed by atoms with Gasteiger partial charge in [0, 0.05) is 17.8 Å². The maximum atomic E-state index is 13.1. The molecule has 1 N–H and O–H groups in total. The minimum atomic E-state index is -0.166. The van der Waals surface area contributed by atoms with E-state index >= 15 is 0 Å². The van der Waals surface area contributed by atoms with Crippen LogP contribution in [0, 0.1) is 6.92 Å². The highest BCUT2D eigenvalue weighted by molar-refractivity contribution is 6.06. The van der Waals surface area contributed by atoms with Crippen LogP contribution in [0.4, 0.5) is 0 Å². The van der Waals surface area contributed by atoms with Crippen LogP contribution in [0.5, 0.6) is 0 Å². The highest BCUT2D eigenvalue weighted by Crippen LogP contribution is 2.28. The summed E-state index contributed by atoms with van der Waals surface area (Å²) < 4.78 is 1.85. The topological polar surface area (TPSA) is 72.7 Å². The molecule has 3 heterocycles. The van der Waals surface area contributed by atoms with Crippen molar-refractivity contribution in [3.8, 4) is 11.3 Å². The Morgan fingerprint density at radius 1 is 1.14 bits per heavy atom. The lowest BCUT2D eigenvalue weighted by atomic mass is 10.0. The van der Waals surface area contributed by atoms with Crippen LogP contribution >= 0.6 is 0 Å². The third-order valence-electron chi connectivity index (χ3n) is 4.88. The Hall–Kier alpha value is -3.54. The predicted molar refractivity (Wildman–Crippen MR) is 113 cm³/mol. The van der Waals surface area contributed by atoms with Crippen LogP contribution in [-0.2, 0) is 6.54 Å². The average Bonchev–Trinajstić information content (AvgIpc) is 3.17. The van der Waals surface area contributed by atoms with Crippen molar-refractivity contribution < 1.29 is 4.79 Å². The van der Waals surface area contributed by atoms with E-state index in [2.05, 4.69) is 29.2 Å². The smallest absolute Gasteiger partial charge is 0.252 e.